The number of aromatic nitrogens is 1. The largest absolute Gasteiger partial charge is 0.481 e. The first kappa shape index (κ1) is 20.0. The molecule has 0 radical (unpaired) electrons. The molecule has 0 saturated carbocycles. The number of amides is 1. The monoisotopic (exact) mass is 386 g/mol. The summed E-state index contributed by atoms with van der Waals surface area (Å²) < 4.78 is 43.6. The lowest BCUT2D eigenvalue weighted by Gasteiger charge is -2.17. The quantitative estimate of drug-likeness (QED) is 0.791. The summed E-state index contributed by atoms with van der Waals surface area (Å²) in [5, 5.41) is 3.16. The molecule has 0 fully saturated rings. The molecule has 1 heterocycles. The molecule has 1 N–H and O–H groups in total. The predicted octanol–water partition coefficient (Wildman–Crippen LogP) is 4.57. The molecule has 0 aliphatic carbocycles. The number of benzene rings is 1. The Hall–Kier alpha value is -2.28. The average Bonchev–Trinajstić information content (AvgIpc) is 2.59. The van der Waals surface area contributed by atoms with Gasteiger partial charge < -0.3 is 10.1 Å². The Morgan fingerprint density at radius 2 is 2.08 bits per heavy atom. The van der Waals surface area contributed by atoms with Crippen molar-refractivity contribution in [1.29, 1.82) is 0 Å². The maximum atomic E-state index is 12.9. The lowest BCUT2D eigenvalue weighted by molar-refractivity contribution is -0.137. The first-order valence-corrected chi connectivity index (χ1v) is 8.27. The number of rotatable bonds is 6. The number of alkyl halides is 3. The van der Waals surface area contributed by atoms with Crippen LogP contribution < -0.4 is 10.1 Å². The van der Waals surface area contributed by atoms with Crippen LogP contribution in [0.3, 0.4) is 0 Å². The Morgan fingerprint density at radius 3 is 2.65 bits per heavy atom. The second-order valence-corrected chi connectivity index (χ2v) is 6.06. The fraction of sp³-hybridized carbons (Fsp3) is 0.333. The Bertz CT molecular complexity index is 781. The minimum absolute atomic E-state index is 0.0362. The third-order valence-corrected chi connectivity index (χ3v) is 4.11. The highest BCUT2D eigenvalue weighted by atomic mass is 35.5. The zero-order valence-electron chi connectivity index (χ0n) is 14.2. The molecular weight excluding hydrogens is 369 g/mol. The van der Waals surface area contributed by atoms with Crippen LogP contribution >= 0.6 is 11.6 Å². The summed E-state index contributed by atoms with van der Waals surface area (Å²) in [6, 6.07) is 7.85. The van der Waals surface area contributed by atoms with E-state index in [1.54, 1.807) is 24.3 Å². The van der Waals surface area contributed by atoms with Crippen LogP contribution in [0, 0.1) is 0 Å². The molecule has 0 aliphatic heterocycles. The van der Waals surface area contributed by atoms with Crippen molar-refractivity contribution in [3.63, 3.8) is 0 Å². The van der Waals surface area contributed by atoms with Crippen LogP contribution in [-0.4, -0.2) is 18.0 Å². The van der Waals surface area contributed by atoms with E-state index in [1.807, 2.05) is 6.92 Å². The number of pyridine rings is 1. The number of methoxy groups -OCH3 is 1. The van der Waals surface area contributed by atoms with Crippen LogP contribution in [0.1, 0.15) is 36.0 Å². The molecule has 8 heteroatoms. The van der Waals surface area contributed by atoms with Crippen molar-refractivity contribution >= 4 is 17.5 Å². The number of hydrogen-bond donors (Lipinski definition) is 1. The fourth-order valence-corrected chi connectivity index (χ4v) is 2.76. The minimum Gasteiger partial charge on any atom is -0.481 e. The van der Waals surface area contributed by atoms with Crippen molar-refractivity contribution in [3.05, 3.63) is 58.2 Å². The standard InChI is InChI=1S/C18H18ClF3N2O2/c1-3-15(11-5-4-6-14(19)8-11)16(25)23-9-12-7-13(18(20,21)22)10-24-17(12)26-2/h4-8,10,15H,3,9H2,1-2H3,(H,23,25). The van der Waals surface area contributed by atoms with E-state index in [1.165, 1.54) is 7.11 Å². The van der Waals surface area contributed by atoms with Gasteiger partial charge in [0.2, 0.25) is 11.8 Å². The summed E-state index contributed by atoms with van der Waals surface area (Å²) in [5.74, 6) is -0.734. The van der Waals surface area contributed by atoms with Crippen molar-refractivity contribution in [2.24, 2.45) is 0 Å². The van der Waals surface area contributed by atoms with E-state index in [0.717, 1.165) is 11.6 Å². The van der Waals surface area contributed by atoms with Crippen LogP contribution in [0.25, 0.3) is 0 Å². The van der Waals surface area contributed by atoms with Crippen LogP contribution in [-0.2, 0) is 17.5 Å². The van der Waals surface area contributed by atoms with Gasteiger partial charge in [0.1, 0.15) is 0 Å². The number of hydrogen-bond acceptors (Lipinski definition) is 3. The molecule has 4 nitrogen and oxygen atoms in total. The third kappa shape index (κ3) is 4.88. The van der Waals surface area contributed by atoms with Crippen molar-refractivity contribution in [2.75, 3.05) is 7.11 Å². The molecule has 0 saturated heterocycles. The first-order valence-electron chi connectivity index (χ1n) is 7.89. The van der Waals surface area contributed by atoms with Gasteiger partial charge in [-0.15, -0.1) is 0 Å². The number of nitrogens with one attached hydrogen (secondary N) is 1. The maximum absolute atomic E-state index is 12.9. The van der Waals surface area contributed by atoms with Crippen molar-refractivity contribution in [1.82, 2.24) is 10.3 Å². The zero-order chi connectivity index (χ0) is 19.3. The summed E-state index contributed by atoms with van der Waals surface area (Å²) in [7, 11) is 1.31. The molecule has 140 valence electrons. The molecule has 0 spiro atoms. The summed E-state index contributed by atoms with van der Waals surface area (Å²) in [6.07, 6.45) is -3.31. The molecule has 0 bridgehead atoms. The Morgan fingerprint density at radius 1 is 1.35 bits per heavy atom. The van der Waals surface area contributed by atoms with Gasteiger partial charge in [0, 0.05) is 23.3 Å². The van der Waals surface area contributed by atoms with Gasteiger partial charge in [-0.25, -0.2) is 4.98 Å². The Kier molecular flexibility index (Phi) is 6.47. The lowest BCUT2D eigenvalue weighted by atomic mass is 9.95. The Labute approximate surface area is 154 Å². The van der Waals surface area contributed by atoms with Crippen LogP contribution in [0.4, 0.5) is 13.2 Å². The molecule has 1 aromatic heterocycles. The number of halogens is 4. The van der Waals surface area contributed by atoms with Crippen molar-refractivity contribution < 1.29 is 22.7 Å². The SMILES string of the molecule is CCC(C(=O)NCc1cc(C(F)(F)F)cnc1OC)c1cccc(Cl)c1. The smallest absolute Gasteiger partial charge is 0.417 e. The zero-order valence-corrected chi connectivity index (χ0v) is 15.0. The fourth-order valence-electron chi connectivity index (χ4n) is 2.56. The number of carbonyl (C=O) groups excluding carboxylic acids is 1. The first-order chi connectivity index (χ1) is 12.3. The number of nitrogens with zero attached hydrogens (tertiary/aromatic N) is 1. The van der Waals surface area contributed by atoms with Gasteiger partial charge >= 0.3 is 6.18 Å². The Balaban J connectivity index is 2.17. The van der Waals surface area contributed by atoms with E-state index in [-0.39, 0.29) is 23.9 Å². The van der Waals surface area contributed by atoms with Gasteiger partial charge in [0.05, 0.1) is 18.6 Å². The van der Waals surface area contributed by atoms with E-state index in [0.29, 0.717) is 17.6 Å². The highest BCUT2D eigenvalue weighted by molar-refractivity contribution is 6.30. The van der Waals surface area contributed by atoms with Crippen molar-refractivity contribution in [2.45, 2.75) is 32.0 Å². The molecule has 2 rings (SSSR count). The second-order valence-electron chi connectivity index (χ2n) is 5.62. The lowest BCUT2D eigenvalue weighted by Crippen LogP contribution is -2.29. The average molecular weight is 387 g/mol. The van der Waals surface area contributed by atoms with E-state index < -0.39 is 17.7 Å². The summed E-state index contributed by atoms with van der Waals surface area (Å²) in [6.45, 7) is 1.72. The van der Waals surface area contributed by atoms with Crippen molar-refractivity contribution in [3.8, 4) is 5.88 Å². The van der Waals surface area contributed by atoms with Gasteiger partial charge in [0.25, 0.3) is 0 Å². The van der Waals surface area contributed by atoms with E-state index >= 15 is 0 Å². The molecule has 1 amide bonds. The highest BCUT2D eigenvalue weighted by Crippen LogP contribution is 2.31. The van der Waals surface area contributed by atoms with Crippen LogP contribution in [0.5, 0.6) is 5.88 Å². The van der Waals surface area contributed by atoms with E-state index in [2.05, 4.69) is 10.3 Å². The summed E-state index contributed by atoms with van der Waals surface area (Å²) in [4.78, 5) is 16.2. The van der Waals surface area contributed by atoms with Crippen LogP contribution in [0.15, 0.2) is 36.5 Å². The number of carbonyl (C=O) groups is 1. The summed E-state index contributed by atoms with van der Waals surface area (Å²) >= 11 is 5.96. The highest BCUT2D eigenvalue weighted by Gasteiger charge is 2.32. The van der Waals surface area contributed by atoms with Gasteiger partial charge in [-0.2, -0.15) is 13.2 Å². The topological polar surface area (TPSA) is 51.2 Å². The van der Waals surface area contributed by atoms with Gasteiger partial charge in [-0.05, 0) is 30.2 Å². The number of ether oxygens (including phenoxy) is 1. The molecular formula is C18H18ClF3N2O2. The molecule has 0 aliphatic rings. The molecule has 2 aromatic rings. The van der Waals surface area contributed by atoms with Gasteiger partial charge in [-0.3, -0.25) is 4.79 Å². The molecule has 1 aromatic carbocycles. The van der Waals surface area contributed by atoms with Gasteiger partial charge in [0.15, 0.2) is 0 Å². The second kappa shape index (κ2) is 8.40. The maximum Gasteiger partial charge on any atom is 0.417 e. The van der Waals surface area contributed by atoms with Gasteiger partial charge in [-0.1, -0.05) is 30.7 Å². The van der Waals surface area contributed by atoms with E-state index in [9.17, 15) is 18.0 Å². The van der Waals surface area contributed by atoms with E-state index in [4.69, 9.17) is 16.3 Å². The van der Waals surface area contributed by atoms with Crippen LogP contribution in [0.2, 0.25) is 5.02 Å². The molecule has 26 heavy (non-hydrogen) atoms. The molecule has 1 atom stereocenters. The summed E-state index contributed by atoms with van der Waals surface area (Å²) in [5.41, 5.74) is -0.00677. The molecule has 1 unspecified atom stereocenters. The third-order valence-electron chi connectivity index (χ3n) is 3.87. The minimum atomic E-state index is -4.52. The normalized spacial score (nSPS) is 12.5. The predicted molar refractivity (Wildman–Crippen MR) is 92.1 cm³/mol.